The van der Waals surface area contributed by atoms with Crippen LogP contribution in [0.15, 0.2) is 12.1 Å². The van der Waals surface area contributed by atoms with Gasteiger partial charge in [-0.3, -0.25) is 20.2 Å². The molecule has 0 saturated heterocycles. The molecule has 0 amide bonds. The lowest BCUT2D eigenvalue weighted by Crippen LogP contribution is -2.13. The minimum Gasteiger partial charge on any atom is -0.374 e. The topological polar surface area (TPSA) is 98.3 Å². The van der Waals surface area contributed by atoms with Crippen LogP contribution in [-0.4, -0.2) is 16.4 Å². The molecule has 0 aliphatic carbocycles. The lowest BCUT2D eigenvalue weighted by atomic mass is 10.1. The van der Waals surface area contributed by atoms with Crippen molar-refractivity contribution >= 4 is 17.1 Å². The quantitative estimate of drug-likeness (QED) is 0.490. The second-order valence-corrected chi connectivity index (χ2v) is 4.15. The summed E-state index contributed by atoms with van der Waals surface area (Å²) in [6, 6.07) is 0.964. The Bertz CT molecular complexity index is 560. The predicted molar refractivity (Wildman–Crippen MR) is 68.2 cm³/mol. The third-order valence-electron chi connectivity index (χ3n) is 2.67. The molecule has 0 saturated carbocycles. The van der Waals surface area contributed by atoms with Crippen molar-refractivity contribution in [2.24, 2.45) is 0 Å². The van der Waals surface area contributed by atoms with Crippen molar-refractivity contribution < 1.29 is 23.0 Å². The van der Waals surface area contributed by atoms with Crippen LogP contribution in [-0.2, 0) is 6.18 Å². The van der Waals surface area contributed by atoms with Crippen molar-refractivity contribution in [3.8, 4) is 0 Å². The summed E-state index contributed by atoms with van der Waals surface area (Å²) in [5.41, 5.74) is -4.32. The van der Waals surface area contributed by atoms with Crippen molar-refractivity contribution in [1.29, 1.82) is 0 Å². The van der Waals surface area contributed by atoms with Gasteiger partial charge < -0.3 is 5.32 Å². The van der Waals surface area contributed by atoms with Crippen LogP contribution in [0.1, 0.15) is 25.3 Å². The second kappa shape index (κ2) is 6.37. The van der Waals surface area contributed by atoms with Crippen molar-refractivity contribution in [3.63, 3.8) is 0 Å². The fourth-order valence-corrected chi connectivity index (χ4v) is 1.72. The second-order valence-electron chi connectivity index (χ2n) is 4.15. The van der Waals surface area contributed by atoms with E-state index in [0.717, 1.165) is 0 Å². The van der Waals surface area contributed by atoms with E-state index in [4.69, 9.17) is 0 Å². The molecular formula is C11H12F3N3O4. The van der Waals surface area contributed by atoms with Crippen LogP contribution in [0.4, 0.5) is 30.2 Å². The molecule has 0 spiro atoms. The number of nitro benzene ring substituents is 2. The van der Waals surface area contributed by atoms with E-state index in [9.17, 15) is 33.4 Å². The van der Waals surface area contributed by atoms with Crippen LogP contribution >= 0.6 is 0 Å². The molecule has 0 unspecified atom stereocenters. The first-order valence-corrected chi connectivity index (χ1v) is 5.97. The standard InChI is InChI=1S/C11H12F3N3O4/c1-2-3-6-15-9-8(16(18)19)5-4-7(11(12,13)14)10(9)17(20)21/h4-5,15H,2-3,6H2,1H3. The number of hydrogen-bond acceptors (Lipinski definition) is 5. The highest BCUT2D eigenvalue weighted by Gasteiger charge is 2.42. The average molecular weight is 307 g/mol. The number of nitrogens with zero attached hydrogens (tertiary/aromatic N) is 2. The summed E-state index contributed by atoms with van der Waals surface area (Å²) in [5.74, 6) is 0. The van der Waals surface area contributed by atoms with Gasteiger partial charge in [0, 0.05) is 12.6 Å². The Kier molecular flexibility index (Phi) is 5.06. The Balaban J connectivity index is 3.50. The molecule has 10 heteroatoms. The highest BCUT2D eigenvalue weighted by atomic mass is 19.4. The summed E-state index contributed by atoms with van der Waals surface area (Å²) in [6.07, 6.45) is -3.79. The van der Waals surface area contributed by atoms with E-state index in [-0.39, 0.29) is 6.54 Å². The van der Waals surface area contributed by atoms with Crippen LogP contribution in [0.5, 0.6) is 0 Å². The lowest BCUT2D eigenvalue weighted by molar-refractivity contribution is -0.394. The van der Waals surface area contributed by atoms with Crippen LogP contribution in [0, 0.1) is 20.2 Å². The molecule has 0 aliphatic rings. The van der Waals surface area contributed by atoms with Crippen molar-refractivity contribution in [3.05, 3.63) is 37.9 Å². The maximum absolute atomic E-state index is 12.8. The van der Waals surface area contributed by atoms with Crippen LogP contribution in [0.25, 0.3) is 0 Å². The van der Waals surface area contributed by atoms with Gasteiger partial charge in [0.1, 0.15) is 5.56 Å². The van der Waals surface area contributed by atoms with Gasteiger partial charge in [-0.1, -0.05) is 13.3 Å². The van der Waals surface area contributed by atoms with Crippen molar-refractivity contribution in [2.75, 3.05) is 11.9 Å². The molecular weight excluding hydrogens is 295 g/mol. The number of alkyl halides is 3. The van der Waals surface area contributed by atoms with Gasteiger partial charge in [-0.05, 0) is 12.5 Å². The Hall–Kier alpha value is -2.39. The third kappa shape index (κ3) is 3.80. The molecule has 0 radical (unpaired) electrons. The molecule has 1 N–H and O–H groups in total. The number of nitro groups is 2. The summed E-state index contributed by atoms with van der Waals surface area (Å²) in [5, 5.41) is 24.2. The van der Waals surface area contributed by atoms with Crippen LogP contribution in [0.2, 0.25) is 0 Å². The Labute approximate surface area is 117 Å². The molecule has 0 bridgehead atoms. The molecule has 1 aromatic rings. The zero-order valence-electron chi connectivity index (χ0n) is 10.9. The van der Waals surface area contributed by atoms with Gasteiger partial charge in [-0.2, -0.15) is 13.2 Å². The number of unbranched alkanes of at least 4 members (excludes halogenated alkanes) is 1. The normalized spacial score (nSPS) is 11.2. The van der Waals surface area contributed by atoms with Gasteiger partial charge in [-0.15, -0.1) is 0 Å². The first kappa shape index (κ1) is 16.7. The Morgan fingerprint density at radius 2 is 1.81 bits per heavy atom. The largest absolute Gasteiger partial charge is 0.423 e. The van der Waals surface area contributed by atoms with E-state index in [2.05, 4.69) is 5.32 Å². The summed E-state index contributed by atoms with van der Waals surface area (Å²) >= 11 is 0. The molecule has 1 rings (SSSR count). The minimum absolute atomic E-state index is 0.0967. The smallest absolute Gasteiger partial charge is 0.374 e. The van der Waals surface area contributed by atoms with E-state index in [1.807, 2.05) is 0 Å². The first-order valence-electron chi connectivity index (χ1n) is 5.97. The minimum atomic E-state index is -4.97. The molecule has 21 heavy (non-hydrogen) atoms. The number of nitrogens with one attached hydrogen (secondary N) is 1. The SMILES string of the molecule is CCCCNc1c([N+](=O)[O-])ccc(C(F)(F)F)c1[N+](=O)[O-]. The number of benzene rings is 1. The summed E-state index contributed by atoms with van der Waals surface area (Å²) < 4.78 is 38.4. The molecule has 0 heterocycles. The number of rotatable bonds is 6. The van der Waals surface area contributed by atoms with Gasteiger partial charge in [-0.25, -0.2) is 0 Å². The van der Waals surface area contributed by atoms with Crippen LogP contribution in [0.3, 0.4) is 0 Å². The molecule has 0 aliphatic heterocycles. The van der Waals surface area contributed by atoms with E-state index in [1.165, 1.54) is 0 Å². The van der Waals surface area contributed by atoms with Crippen molar-refractivity contribution in [2.45, 2.75) is 25.9 Å². The monoisotopic (exact) mass is 307 g/mol. The highest BCUT2D eigenvalue weighted by molar-refractivity contribution is 5.76. The van der Waals surface area contributed by atoms with E-state index >= 15 is 0 Å². The predicted octanol–water partition coefficient (Wildman–Crippen LogP) is 3.73. The molecule has 0 fully saturated rings. The molecule has 116 valence electrons. The van der Waals surface area contributed by atoms with Gasteiger partial charge in [0.25, 0.3) is 5.69 Å². The Morgan fingerprint density at radius 3 is 2.24 bits per heavy atom. The highest BCUT2D eigenvalue weighted by Crippen LogP contribution is 2.44. The van der Waals surface area contributed by atoms with Crippen molar-refractivity contribution in [1.82, 2.24) is 0 Å². The molecule has 1 aromatic carbocycles. The maximum atomic E-state index is 12.8. The first-order chi connectivity index (χ1) is 9.70. The fraction of sp³-hybridized carbons (Fsp3) is 0.455. The van der Waals surface area contributed by atoms with Gasteiger partial charge >= 0.3 is 11.9 Å². The van der Waals surface area contributed by atoms with E-state index in [1.54, 1.807) is 6.92 Å². The number of anilines is 1. The summed E-state index contributed by atoms with van der Waals surface area (Å²) in [4.78, 5) is 19.6. The fourth-order valence-electron chi connectivity index (χ4n) is 1.72. The Morgan fingerprint density at radius 1 is 1.19 bits per heavy atom. The summed E-state index contributed by atoms with van der Waals surface area (Å²) in [7, 11) is 0. The summed E-state index contributed by atoms with van der Waals surface area (Å²) in [6.45, 7) is 1.90. The zero-order chi connectivity index (χ0) is 16.2. The molecule has 0 aromatic heterocycles. The maximum Gasteiger partial charge on any atom is 0.423 e. The molecule has 0 atom stereocenters. The van der Waals surface area contributed by atoms with Crippen LogP contribution < -0.4 is 5.32 Å². The zero-order valence-corrected chi connectivity index (χ0v) is 10.9. The van der Waals surface area contributed by atoms with Gasteiger partial charge in [0.05, 0.1) is 9.85 Å². The number of hydrogen-bond donors (Lipinski definition) is 1. The van der Waals surface area contributed by atoms with Gasteiger partial charge in [0.2, 0.25) is 0 Å². The average Bonchev–Trinajstić information content (AvgIpc) is 2.36. The third-order valence-corrected chi connectivity index (χ3v) is 2.67. The lowest BCUT2D eigenvalue weighted by Gasteiger charge is -2.12. The van der Waals surface area contributed by atoms with E-state index in [0.29, 0.717) is 25.0 Å². The van der Waals surface area contributed by atoms with E-state index < -0.39 is 38.6 Å². The van der Waals surface area contributed by atoms with Gasteiger partial charge in [0.15, 0.2) is 5.69 Å². The molecule has 7 nitrogen and oxygen atoms in total. The number of halogens is 3.